The highest BCUT2D eigenvalue weighted by Crippen LogP contribution is 2.24. The fraction of sp³-hybridized carbons (Fsp3) is 0.0417. The summed E-state index contributed by atoms with van der Waals surface area (Å²) in [6.07, 6.45) is 3.94. The number of nitrogens with one attached hydrogen (secondary N) is 1. The molecule has 148 valence electrons. The van der Waals surface area contributed by atoms with E-state index in [1.807, 2.05) is 78.3 Å². The number of imidazole rings is 1. The average Bonchev–Trinajstić information content (AvgIpc) is 3.17. The van der Waals surface area contributed by atoms with E-state index in [0.29, 0.717) is 5.69 Å². The summed E-state index contributed by atoms with van der Waals surface area (Å²) in [6.45, 7) is 2.03. The van der Waals surface area contributed by atoms with Gasteiger partial charge in [-0.15, -0.1) is 0 Å². The fourth-order valence-corrected chi connectivity index (χ4v) is 4.57. The number of pyridine rings is 1. The molecule has 0 bridgehead atoms. The van der Waals surface area contributed by atoms with Crippen molar-refractivity contribution in [1.82, 2.24) is 9.38 Å². The predicted molar refractivity (Wildman–Crippen MR) is 120 cm³/mol. The van der Waals surface area contributed by atoms with Crippen LogP contribution >= 0.6 is 0 Å². The lowest BCUT2D eigenvalue weighted by molar-refractivity contribution is 0.601. The SMILES string of the molecule is Cc1ccn2cc(-c3ccc(NS(=O)(=O)c4ccc5ccccc5c4)cc3)nc2c1. The van der Waals surface area contributed by atoms with E-state index in [1.54, 1.807) is 24.3 Å². The highest BCUT2D eigenvalue weighted by Gasteiger charge is 2.15. The fourth-order valence-electron chi connectivity index (χ4n) is 3.48. The largest absolute Gasteiger partial charge is 0.306 e. The molecule has 2 aromatic heterocycles. The van der Waals surface area contributed by atoms with Crippen LogP contribution in [0.4, 0.5) is 5.69 Å². The van der Waals surface area contributed by atoms with Crippen LogP contribution in [0.15, 0.2) is 96.2 Å². The van der Waals surface area contributed by atoms with Gasteiger partial charge in [-0.05, 0) is 59.7 Å². The summed E-state index contributed by atoms with van der Waals surface area (Å²) in [6, 6.07) is 24.1. The first-order chi connectivity index (χ1) is 14.5. The standard InChI is InChI=1S/C24H19N3O2S/c1-17-12-13-27-16-23(25-24(27)14-17)19-6-9-21(10-7-19)26-30(28,29)22-11-8-18-4-2-3-5-20(18)15-22/h2-16,26H,1H3. The molecular weight excluding hydrogens is 394 g/mol. The Bertz CT molecular complexity index is 1490. The zero-order valence-electron chi connectivity index (χ0n) is 16.3. The molecular formula is C24H19N3O2S. The summed E-state index contributed by atoms with van der Waals surface area (Å²) in [7, 11) is -3.68. The molecule has 30 heavy (non-hydrogen) atoms. The number of hydrogen-bond acceptors (Lipinski definition) is 3. The molecule has 0 fully saturated rings. The Morgan fingerprint density at radius 1 is 0.867 bits per heavy atom. The molecule has 0 aliphatic rings. The van der Waals surface area contributed by atoms with Crippen molar-refractivity contribution in [2.24, 2.45) is 0 Å². The van der Waals surface area contributed by atoms with Crippen molar-refractivity contribution in [3.05, 3.63) is 96.8 Å². The van der Waals surface area contributed by atoms with Crippen LogP contribution in [0.25, 0.3) is 27.7 Å². The predicted octanol–water partition coefficient (Wildman–Crippen LogP) is 5.26. The molecule has 0 aliphatic carbocycles. The number of fused-ring (bicyclic) bond motifs is 2. The van der Waals surface area contributed by atoms with Crippen molar-refractivity contribution in [2.75, 3.05) is 4.72 Å². The topological polar surface area (TPSA) is 63.5 Å². The third kappa shape index (κ3) is 3.42. The maximum Gasteiger partial charge on any atom is 0.261 e. The summed E-state index contributed by atoms with van der Waals surface area (Å²) >= 11 is 0. The number of hydrogen-bond donors (Lipinski definition) is 1. The van der Waals surface area contributed by atoms with Gasteiger partial charge in [0.15, 0.2) is 0 Å². The summed E-state index contributed by atoms with van der Waals surface area (Å²) < 4.78 is 30.3. The van der Waals surface area contributed by atoms with Gasteiger partial charge in [0, 0.05) is 23.6 Å². The summed E-state index contributed by atoms with van der Waals surface area (Å²) in [5, 5.41) is 1.89. The maximum absolute atomic E-state index is 12.8. The average molecular weight is 414 g/mol. The minimum Gasteiger partial charge on any atom is -0.306 e. The molecule has 5 rings (SSSR count). The molecule has 0 atom stereocenters. The van der Waals surface area contributed by atoms with E-state index in [2.05, 4.69) is 9.71 Å². The van der Waals surface area contributed by atoms with Crippen molar-refractivity contribution in [2.45, 2.75) is 11.8 Å². The summed E-state index contributed by atoms with van der Waals surface area (Å²) in [5.74, 6) is 0. The highest BCUT2D eigenvalue weighted by atomic mass is 32.2. The molecule has 0 radical (unpaired) electrons. The smallest absolute Gasteiger partial charge is 0.261 e. The van der Waals surface area contributed by atoms with E-state index in [-0.39, 0.29) is 4.90 Å². The third-order valence-electron chi connectivity index (χ3n) is 5.08. The molecule has 1 N–H and O–H groups in total. The van der Waals surface area contributed by atoms with Crippen LogP contribution in [0.5, 0.6) is 0 Å². The van der Waals surface area contributed by atoms with Gasteiger partial charge in [-0.2, -0.15) is 0 Å². The van der Waals surface area contributed by atoms with Gasteiger partial charge >= 0.3 is 0 Å². The van der Waals surface area contributed by atoms with E-state index < -0.39 is 10.0 Å². The molecule has 5 nitrogen and oxygen atoms in total. The first-order valence-electron chi connectivity index (χ1n) is 9.55. The molecule has 0 saturated heterocycles. The number of anilines is 1. The van der Waals surface area contributed by atoms with Crippen LogP contribution in [0.1, 0.15) is 5.56 Å². The quantitative estimate of drug-likeness (QED) is 0.437. The zero-order valence-corrected chi connectivity index (χ0v) is 17.1. The van der Waals surface area contributed by atoms with Crippen LogP contribution in [-0.4, -0.2) is 17.8 Å². The van der Waals surface area contributed by atoms with Gasteiger partial charge in [0.25, 0.3) is 10.0 Å². The summed E-state index contributed by atoms with van der Waals surface area (Å²) in [5.41, 5.74) is 4.30. The number of aromatic nitrogens is 2. The Morgan fingerprint density at radius 3 is 2.43 bits per heavy atom. The maximum atomic E-state index is 12.8. The van der Waals surface area contributed by atoms with Crippen LogP contribution in [0, 0.1) is 6.92 Å². The van der Waals surface area contributed by atoms with Crippen LogP contribution in [0.2, 0.25) is 0 Å². The minimum atomic E-state index is -3.68. The second kappa shape index (κ2) is 7.00. The summed E-state index contributed by atoms with van der Waals surface area (Å²) in [4.78, 5) is 4.89. The Labute approximate surface area is 174 Å². The van der Waals surface area contributed by atoms with Gasteiger partial charge in [0.05, 0.1) is 10.6 Å². The van der Waals surface area contributed by atoms with Gasteiger partial charge in [-0.25, -0.2) is 13.4 Å². The van der Waals surface area contributed by atoms with E-state index in [1.165, 1.54) is 0 Å². The third-order valence-corrected chi connectivity index (χ3v) is 6.46. The number of aryl methyl sites for hydroxylation is 1. The molecule has 0 aliphatic heterocycles. The number of sulfonamides is 1. The van der Waals surface area contributed by atoms with Crippen molar-refractivity contribution in [3.63, 3.8) is 0 Å². The van der Waals surface area contributed by atoms with Crippen LogP contribution in [0.3, 0.4) is 0 Å². The lowest BCUT2D eigenvalue weighted by atomic mass is 10.1. The van der Waals surface area contributed by atoms with E-state index in [0.717, 1.165) is 33.2 Å². The molecule has 5 aromatic rings. The zero-order chi connectivity index (χ0) is 20.7. The number of nitrogens with zero attached hydrogens (tertiary/aromatic N) is 2. The lowest BCUT2D eigenvalue weighted by Crippen LogP contribution is -2.12. The van der Waals surface area contributed by atoms with Gasteiger partial charge in [0.2, 0.25) is 0 Å². The molecule has 0 saturated carbocycles. The van der Waals surface area contributed by atoms with E-state index >= 15 is 0 Å². The normalized spacial score (nSPS) is 11.8. The van der Waals surface area contributed by atoms with Crippen LogP contribution in [-0.2, 0) is 10.0 Å². The van der Waals surface area contributed by atoms with Crippen molar-refractivity contribution in [3.8, 4) is 11.3 Å². The van der Waals surface area contributed by atoms with Crippen molar-refractivity contribution in [1.29, 1.82) is 0 Å². The Morgan fingerprint density at radius 2 is 1.63 bits per heavy atom. The molecule has 2 heterocycles. The van der Waals surface area contributed by atoms with E-state index in [9.17, 15) is 8.42 Å². The van der Waals surface area contributed by atoms with Gasteiger partial charge in [-0.1, -0.05) is 42.5 Å². The molecule has 0 amide bonds. The number of rotatable bonds is 4. The monoisotopic (exact) mass is 413 g/mol. The number of benzene rings is 3. The first kappa shape index (κ1) is 18.4. The van der Waals surface area contributed by atoms with Crippen molar-refractivity contribution < 1.29 is 8.42 Å². The Kier molecular flexibility index (Phi) is 4.29. The second-order valence-corrected chi connectivity index (χ2v) is 8.97. The van der Waals surface area contributed by atoms with Crippen molar-refractivity contribution >= 4 is 32.1 Å². The molecule has 0 unspecified atom stereocenters. The Balaban J connectivity index is 1.41. The Hall–Kier alpha value is -3.64. The highest BCUT2D eigenvalue weighted by molar-refractivity contribution is 7.92. The van der Waals surface area contributed by atoms with Crippen LogP contribution < -0.4 is 4.72 Å². The van der Waals surface area contributed by atoms with E-state index in [4.69, 9.17) is 0 Å². The lowest BCUT2D eigenvalue weighted by Gasteiger charge is -2.09. The molecule has 3 aromatic carbocycles. The first-order valence-corrected chi connectivity index (χ1v) is 11.0. The minimum absolute atomic E-state index is 0.237. The molecule has 6 heteroatoms. The van der Waals surface area contributed by atoms with Gasteiger partial charge < -0.3 is 4.40 Å². The molecule has 0 spiro atoms. The van der Waals surface area contributed by atoms with Gasteiger partial charge in [-0.3, -0.25) is 4.72 Å². The second-order valence-electron chi connectivity index (χ2n) is 7.29. The van der Waals surface area contributed by atoms with Gasteiger partial charge in [0.1, 0.15) is 5.65 Å².